The lowest BCUT2D eigenvalue weighted by Crippen LogP contribution is -2.06. The summed E-state index contributed by atoms with van der Waals surface area (Å²) in [6, 6.07) is 8.02. The summed E-state index contributed by atoms with van der Waals surface area (Å²) < 4.78 is 0. The average Bonchev–Trinajstić information content (AvgIpc) is 3.14. The zero-order valence-electron chi connectivity index (χ0n) is 15.4. The van der Waals surface area contributed by atoms with Crippen molar-refractivity contribution in [3.05, 3.63) is 58.2 Å². The lowest BCUT2D eigenvalue weighted by molar-refractivity contribution is 0.265. The zero-order valence-corrected chi connectivity index (χ0v) is 15.4. The van der Waals surface area contributed by atoms with Crippen molar-refractivity contribution in [2.75, 3.05) is 0 Å². The molecule has 1 nitrogen and oxygen atoms in total. The highest BCUT2D eigenvalue weighted by Crippen LogP contribution is 2.28. The molecular weight excluding hydrogens is 316 g/mol. The first-order chi connectivity index (χ1) is 12.7. The van der Waals surface area contributed by atoms with E-state index in [4.69, 9.17) is 0 Å². The van der Waals surface area contributed by atoms with Crippen molar-refractivity contribution >= 4 is 0 Å². The Balaban J connectivity index is 1.68. The molecule has 26 heavy (non-hydrogen) atoms. The van der Waals surface area contributed by atoms with Crippen molar-refractivity contribution in [1.29, 1.82) is 0 Å². The van der Waals surface area contributed by atoms with Crippen LogP contribution in [-0.4, -0.2) is 11.2 Å². The van der Waals surface area contributed by atoms with Crippen LogP contribution in [-0.2, 0) is 0 Å². The van der Waals surface area contributed by atoms with E-state index in [9.17, 15) is 5.11 Å². The number of hydrogen-bond acceptors (Lipinski definition) is 1. The van der Waals surface area contributed by atoms with E-state index in [1.807, 2.05) is 31.2 Å². The normalized spacial score (nSPS) is 17.1. The molecule has 0 fully saturated rings. The quantitative estimate of drug-likeness (QED) is 0.735. The molecule has 0 spiro atoms. The Kier molecular flexibility index (Phi) is 6.39. The van der Waals surface area contributed by atoms with Crippen molar-refractivity contribution in [2.45, 2.75) is 58.0 Å². The molecule has 0 radical (unpaired) electrons. The molecule has 2 aliphatic carbocycles. The summed E-state index contributed by atoms with van der Waals surface area (Å²) in [5.41, 5.74) is 5.46. The molecule has 0 aromatic heterocycles. The van der Waals surface area contributed by atoms with Gasteiger partial charge in [-0.25, -0.2) is 0 Å². The second kappa shape index (κ2) is 9.15. The fraction of sp³-hybridized carbons (Fsp3) is 0.360. The third-order valence-corrected chi connectivity index (χ3v) is 4.79. The molecule has 0 aliphatic heterocycles. The van der Waals surface area contributed by atoms with Gasteiger partial charge in [-0.15, -0.1) is 0 Å². The van der Waals surface area contributed by atoms with Crippen LogP contribution in [0.25, 0.3) is 0 Å². The highest BCUT2D eigenvalue weighted by molar-refractivity contribution is 5.47. The Hall–Kier alpha value is -2.66. The number of hydrogen-bond donors (Lipinski definition) is 1. The van der Waals surface area contributed by atoms with Gasteiger partial charge in [-0.2, -0.15) is 0 Å². The minimum absolute atomic E-state index is 0.755. The summed E-state index contributed by atoms with van der Waals surface area (Å²) in [6.45, 7) is 2.05. The van der Waals surface area contributed by atoms with Crippen molar-refractivity contribution in [2.24, 2.45) is 0 Å². The fourth-order valence-corrected chi connectivity index (χ4v) is 3.25. The van der Waals surface area contributed by atoms with Gasteiger partial charge in [0, 0.05) is 11.1 Å². The Morgan fingerprint density at radius 1 is 0.885 bits per heavy atom. The van der Waals surface area contributed by atoms with Gasteiger partial charge in [0.25, 0.3) is 0 Å². The number of aryl methyl sites for hydroxylation is 1. The van der Waals surface area contributed by atoms with Crippen molar-refractivity contribution in [1.82, 2.24) is 0 Å². The highest BCUT2D eigenvalue weighted by Gasteiger charge is 2.18. The first-order valence-electron chi connectivity index (χ1n) is 9.41. The van der Waals surface area contributed by atoms with Crippen LogP contribution in [0.2, 0.25) is 0 Å². The van der Waals surface area contributed by atoms with Gasteiger partial charge in [0.05, 0.1) is 0 Å². The summed E-state index contributed by atoms with van der Waals surface area (Å²) in [5.74, 6) is 18.1. The van der Waals surface area contributed by atoms with Crippen LogP contribution in [0.5, 0.6) is 0 Å². The summed E-state index contributed by atoms with van der Waals surface area (Å²) in [7, 11) is 0. The van der Waals surface area contributed by atoms with E-state index in [-0.39, 0.29) is 0 Å². The first-order valence-corrected chi connectivity index (χ1v) is 9.41. The molecule has 1 N–H and O–H groups in total. The maximum atomic E-state index is 10.4. The smallest absolute Gasteiger partial charge is 0.138 e. The van der Waals surface area contributed by atoms with E-state index >= 15 is 0 Å². The van der Waals surface area contributed by atoms with Gasteiger partial charge < -0.3 is 5.11 Å². The molecule has 0 heterocycles. The van der Waals surface area contributed by atoms with Crippen LogP contribution >= 0.6 is 0 Å². The molecule has 1 aromatic rings. The molecule has 1 heteroatoms. The molecule has 2 aliphatic rings. The Morgan fingerprint density at radius 3 is 2.50 bits per heavy atom. The maximum absolute atomic E-state index is 10.4. The van der Waals surface area contributed by atoms with Gasteiger partial charge in [0.1, 0.15) is 6.10 Å². The lowest BCUT2D eigenvalue weighted by atomic mass is 9.99. The second-order valence-corrected chi connectivity index (χ2v) is 6.87. The minimum Gasteiger partial charge on any atom is -0.376 e. The number of rotatable bonds is 1. The monoisotopic (exact) mass is 340 g/mol. The predicted octanol–water partition coefficient (Wildman–Crippen LogP) is 4.70. The second-order valence-electron chi connectivity index (χ2n) is 6.87. The zero-order chi connectivity index (χ0) is 18.2. The largest absolute Gasteiger partial charge is 0.376 e. The molecule has 0 saturated carbocycles. The van der Waals surface area contributed by atoms with Crippen molar-refractivity contribution < 1.29 is 5.11 Å². The van der Waals surface area contributed by atoms with Crippen molar-refractivity contribution in [3.8, 4) is 35.5 Å². The third kappa shape index (κ3) is 5.17. The molecule has 3 rings (SSSR count). The van der Waals surface area contributed by atoms with Crippen LogP contribution < -0.4 is 0 Å². The molecule has 1 aromatic carbocycles. The predicted molar refractivity (Wildman–Crippen MR) is 107 cm³/mol. The molecule has 0 bridgehead atoms. The number of aliphatic hydroxyl groups is 1. The van der Waals surface area contributed by atoms with E-state index in [2.05, 4.69) is 41.6 Å². The minimum atomic E-state index is -0.755. The highest BCUT2D eigenvalue weighted by atomic mass is 16.3. The molecular formula is C25H24O. The summed E-state index contributed by atoms with van der Waals surface area (Å²) in [5, 5.41) is 10.4. The third-order valence-electron chi connectivity index (χ3n) is 4.79. The Labute approximate surface area is 157 Å². The van der Waals surface area contributed by atoms with Gasteiger partial charge in [0.15, 0.2) is 0 Å². The molecule has 0 amide bonds. The van der Waals surface area contributed by atoms with Gasteiger partial charge in [-0.1, -0.05) is 47.5 Å². The van der Waals surface area contributed by atoms with Gasteiger partial charge in [-0.05, 0) is 87.0 Å². The van der Waals surface area contributed by atoms with E-state index in [0.717, 1.165) is 48.8 Å². The van der Waals surface area contributed by atoms with E-state index < -0.39 is 6.10 Å². The van der Waals surface area contributed by atoms with Crippen LogP contribution in [0.3, 0.4) is 0 Å². The molecule has 0 saturated heterocycles. The maximum Gasteiger partial charge on any atom is 0.138 e. The first kappa shape index (κ1) is 18.1. The number of aliphatic hydroxyl groups excluding tert-OH is 1. The summed E-state index contributed by atoms with van der Waals surface area (Å²) >= 11 is 0. The van der Waals surface area contributed by atoms with Gasteiger partial charge >= 0.3 is 0 Å². The Bertz CT molecular complexity index is 893. The lowest BCUT2D eigenvalue weighted by Gasteiger charge is -2.07. The van der Waals surface area contributed by atoms with Crippen LogP contribution in [0, 0.1) is 42.4 Å². The molecule has 1 unspecified atom stereocenters. The summed E-state index contributed by atoms with van der Waals surface area (Å²) in [4.78, 5) is 0. The van der Waals surface area contributed by atoms with E-state index in [0.29, 0.717) is 0 Å². The summed E-state index contributed by atoms with van der Waals surface area (Å²) in [6.07, 6.45) is 9.12. The Morgan fingerprint density at radius 2 is 1.73 bits per heavy atom. The van der Waals surface area contributed by atoms with E-state index in [1.165, 1.54) is 24.0 Å². The van der Waals surface area contributed by atoms with Crippen LogP contribution in [0.4, 0.5) is 0 Å². The molecule has 1 atom stereocenters. The fourth-order valence-electron chi connectivity index (χ4n) is 3.25. The number of benzene rings is 1. The van der Waals surface area contributed by atoms with Crippen molar-refractivity contribution in [3.63, 3.8) is 0 Å². The van der Waals surface area contributed by atoms with Gasteiger partial charge in [0.2, 0.25) is 0 Å². The number of allylic oxidation sites excluding steroid dienone is 3. The standard InChI is InChI=1S/C25H24O/c1-20-14-16-22(17-15-20)10-5-6-13-25(26)24-12-7-11-23(24)19-18-21-8-3-2-4-9-21/h8,14-17,25-26H,2-4,7,9,11-12H2,1H3. The van der Waals surface area contributed by atoms with Gasteiger partial charge in [-0.3, -0.25) is 0 Å². The van der Waals surface area contributed by atoms with Crippen LogP contribution in [0.1, 0.15) is 56.1 Å². The average molecular weight is 340 g/mol. The van der Waals surface area contributed by atoms with Crippen LogP contribution in [0.15, 0.2) is 47.1 Å². The SMILES string of the molecule is Cc1ccc(C#CC#CC(O)C2=C(C#CC3=CCCCC3)CCC2)cc1. The molecule has 130 valence electrons. The topological polar surface area (TPSA) is 20.2 Å². The van der Waals surface area contributed by atoms with E-state index in [1.54, 1.807) is 0 Å².